The summed E-state index contributed by atoms with van der Waals surface area (Å²) >= 11 is 0. The van der Waals surface area contributed by atoms with Crippen molar-refractivity contribution in [2.24, 2.45) is 5.92 Å². The Bertz CT molecular complexity index is 147. The lowest BCUT2D eigenvalue weighted by molar-refractivity contribution is 0.313. The fourth-order valence-corrected chi connectivity index (χ4v) is 2.39. The molecule has 0 aromatic rings. The molecule has 2 heteroatoms. The molecule has 0 aliphatic carbocycles. The van der Waals surface area contributed by atoms with Gasteiger partial charge in [-0.15, -0.1) is 0 Å². The molecule has 1 unspecified atom stereocenters. The maximum atomic E-state index is 3.38. The minimum Gasteiger partial charge on any atom is -0.317 e. The van der Waals surface area contributed by atoms with Gasteiger partial charge in [-0.05, 0) is 51.4 Å². The van der Waals surface area contributed by atoms with Crippen molar-refractivity contribution in [3.63, 3.8) is 0 Å². The highest BCUT2D eigenvalue weighted by atomic mass is 15.1. The van der Waals surface area contributed by atoms with Gasteiger partial charge in [0.15, 0.2) is 0 Å². The number of likely N-dealkylation sites (tertiary alicyclic amines) is 1. The van der Waals surface area contributed by atoms with Gasteiger partial charge in [-0.25, -0.2) is 0 Å². The number of rotatable bonds is 8. The predicted octanol–water partition coefficient (Wildman–Crippen LogP) is 2.50. The van der Waals surface area contributed by atoms with E-state index in [1.165, 1.54) is 58.3 Å². The van der Waals surface area contributed by atoms with Crippen LogP contribution in [0.5, 0.6) is 0 Å². The van der Waals surface area contributed by atoms with Crippen LogP contribution in [-0.2, 0) is 0 Å². The Hall–Kier alpha value is -0.0800. The third kappa shape index (κ3) is 5.53. The van der Waals surface area contributed by atoms with Crippen molar-refractivity contribution in [2.75, 3.05) is 32.7 Å². The van der Waals surface area contributed by atoms with E-state index in [-0.39, 0.29) is 0 Å². The number of hydrogen-bond acceptors (Lipinski definition) is 2. The van der Waals surface area contributed by atoms with Crippen LogP contribution in [0.25, 0.3) is 0 Å². The molecule has 0 saturated carbocycles. The molecule has 0 radical (unpaired) electrons. The van der Waals surface area contributed by atoms with E-state index >= 15 is 0 Å². The molecule has 1 atom stereocenters. The summed E-state index contributed by atoms with van der Waals surface area (Å²) in [5.74, 6) is 0.992. The Balaban J connectivity index is 1.88. The van der Waals surface area contributed by atoms with E-state index < -0.39 is 0 Å². The predicted molar refractivity (Wildman–Crippen MR) is 67.2 cm³/mol. The molecule has 0 aromatic carbocycles. The number of nitrogens with zero attached hydrogens (tertiary/aromatic N) is 1. The molecule has 1 aliphatic rings. The summed E-state index contributed by atoms with van der Waals surface area (Å²) in [6.45, 7) is 10.9. The minimum absolute atomic E-state index is 0.992. The second-order valence-corrected chi connectivity index (χ2v) is 4.78. The average Bonchev–Trinajstić information content (AvgIpc) is 2.71. The molecule has 1 heterocycles. The molecule has 15 heavy (non-hydrogen) atoms. The Morgan fingerprint density at radius 1 is 1.20 bits per heavy atom. The Labute approximate surface area is 95.4 Å². The highest BCUT2D eigenvalue weighted by Gasteiger charge is 2.19. The molecular weight excluding hydrogens is 184 g/mol. The van der Waals surface area contributed by atoms with Crippen molar-refractivity contribution in [1.29, 1.82) is 0 Å². The fraction of sp³-hybridized carbons (Fsp3) is 1.00. The molecule has 1 N–H and O–H groups in total. The van der Waals surface area contributed by atoms with Crippen LogP contribution in [0, 0.1) is 5.92 Å². The smallest absolute Gasteiger partial charge is 0.00100 e. The fourth-order valence-electron chi connectivity index (χ4n) is 2.39. The molecule has 2 nitrogen and oxygen atoms in total. The van der Waals surface area contributed by atoms with Crippen LogP contribution in [0.3, 0.4) is 0 Å². The molecule has 0 aromatic heterocycles. The van der Waals surface area contributed by atoms with Crippen LogP contribution in [0.15, 0.2) is 0 Å². The third-order valence-electron chi connectivity index (χ3n) is 3.53. The van der Waals surface area contributed by atoms with Crippen LogP contribution in [0.2, 0.25) is 0 Å². The zero-order chi connectivity index (χ0) is 10.9. The van der Waals surface area contributed by atoms with E-state index in [1.54, 1.807) is 0 Å². The first kappa shape index (κ1) is 13.0. The summed E-state index contributed by atoms with van der Waals surface area (Å²) < 4.78 is 0. The largest absolute Gasteiger partial charge is 0.317 e. The van der Waals surface area contributed by atoms with Crippen LogP contribution in [0.4, 0.5) is 0 Å². The van der Waals surface area contributed by atoms with Gasteiger partial charge in [0, 0.05) is 6.54 Å². The SMILES string of the molecule is CCNCCCCCN1CCC(CC)C1. The third-order valence-corrected chi connectivity index (χ3v) is 3.53. The van der Waals surface area contributed by atoms with Crippen molar-refractivity contribution in [1.82, 2.24) is 10.2 Å². The highest BCUT2D eigenvalue weighted by molar-refractivity contribution is 4.74. The minimum atomic E-state index is 0.992. The summed E-state index contributed by atoms with van der Waals surface area (Å²) in [7, 11) is 0. The summed E-state index contributed by atoms with van der Waals surface area (Å²) in [5, 5.41) is 3.38. The lowest BCUT2D eigenvalue weighted by atomic mass is 10.1. The Kier molecular flexibility index (Phi) is 7.03. The number of unbranched alkanes of at least 4 members (excludes halogenated alkanes) is 2. The van der Waals surface area contributed by atoms with Crippen LogP contribution >= 0.6 is 0 Å². The van der Waals surface area contributed by atoms with Gasteiger partial charge in [0.1, 0.15) is 0 Å². The van der Waals surface area contributed by atoms with Gasteiger partial charge in [0.25, 0.3) is 0 Å². The van der Waals surface area contributed by atoms with E-state index in [0.717, 1.165) is 12.5 Å². The van der Waals surface area contributed by atoms with Crippen molar-refractivity contribution in [3.05, 3.63) is 0 Å². The maximum Gasteiger partial charge on any atom is 0.00100 e. The van der Waals surface area contributed by atoms with Gasteiger partial charge in [0.05, 0.1) is 0 Å². The van der Waals surface area contributed by atoms with Gasteiger partial charge < -0.3 is 10.2 Å². The molecular formula is C13H28N2. The summed E-state index contributed by atoms with van der Waals surface area (Å²) in [6, 6.07) is 0. The first-order valence-electron chi connectivity index (χ1n) is 6.79. The average molecular weight is 212 g/mol. The Morgan fingerprint density at radius 3 is 2.73 bits per heavy atom. The van der Waals surface area contributed by atoms with Crippen molar-refractivity contribution < 1.29 is 0 Å². The van der Waals surface area contributed by atoms with E-state index in [9.17, 15) is 0 Å². The normalized spacial score (nSPS) is 22.4. The first-order chi connectivity index (χ1) is 7.36. The van der Waals surface area contributed by atoms with E-state index in [1.807, 2.05) is 0 Å². The van der Waals surface area contributed by atoms with Crippen molar-refractivity contribution in [2.45, 2.75) is 46.0 Å². The topological polar surface area (TPSA) is 15.3 Å². The molecule has 90 valence electrons. The monoisotopic (exact) mass is 212 g/mol. The van der Waals surface area contributed by atoms with Crippen molar-refractivity contribution >= 4 is 0 Å². The Morgan fingerprint density at radius 2 is 2.07 bits per heavy atom. The lowest BCUT2D eigenvalue weighted by Crippen LogP contribution is -2.22. The molecule has 0 spiro atoms. The van der Waals surface area contributed by atoms with Gasteiger partial charge >= 0.3 is 0 Å². The van der Waals surface area contributed by atoms with Gasteiger partial charge in [0.2, 0.25) is 0 Å². The second-order valence-electron chi connectivity index (χ2n) is 4.78. The second kappa shape index (κ2) is 8.12. The number of hydrogen-bond donors (Lipinski definition) is 1. The van der Waals surface area contributed by atoms with Crippen LogP contribution in [-0.4, -0.2) is 37.6 Å². The van der Waals surface area contributed by atoms with E-state index in [4.69, 9.17) is 0 Å². The highest BCUT2D eigenvalue weighted by Crippen LogP contribution is 2.19. The van der Waals surface area contributed by atoms with Crippen LogP contribution < -0.4 is 5.32 Å². The molecule has 1 fully saturated rings. The standard InChI is InChI=1S/C13H28N2/c1-3-13-8-11-15(12-13)10-7-5-6-9-14-4-2/h13-14H,3-12H2,1-2H3. The van der Waals surface area contributed by atoms with Crippen LogP contribution in [0.1, 0.15) is 46.0 Å². The van der Waals surface area contributed by atoms with Crippen molar-refractivity contribution in [3.8, 4) is 0 Å². The molecule has 0 bridgehead atoms. The first-order valence-corrected chi connectivity index (χ1v) is 6.79. The molecule has 0 amide bonds. The molecule has 1 aliphatic heterocycles. The van der Waals surface area contributed by atoms with E-state index in [0.29, 0.717) is 0 Å². The van der Waals surface area contributed by atoms with Gasteiger partial charge in [-0.2, -0.15) is 0 Å². The number of nitrogens with one attached hydrogen (secondary N) is 1. The van der Waals surface area contributed by atoms with E-state index in [2.05, 4.69) is 24.1 Å². The zero-order valence-electron chi connectivity index (χ0n) is 10.6. The summed E-state index contributed by atoms with van der Waals surface area (Å²) in [5.41, 5.74) is 0. The summed E-state index contributed by atoms with van der Waals surface area (Å²) in [4.78, 5) is 2.65. The molecule has 1 saturated heterocycles. The molecule has 1 rings (SSSR count). The lowest BCUT2D eigenvalue weighted by Gasteiger charge is -2.15. The maximum absolute atomic E-state index is 3.38. The van der Waals surface area contributed by atoms with Gasteiger partial charge in [-0.1, -0.05) is 26.7 Å². The van der Waals surface area contributed by atoms with Gasteiger partial charge in [-0.3, -0.25) is 0 Å². The summed E-state index contributed by atoms with van der Waals surface area (Å²) in [6.07, 6.45) is 6.94. The zero-order valence-corrected chi connectivity index (χ0v) is 10.6. The quantitative estimate of drug-likeness (QED) is 0.622.